The number of carbonyl (C=O) groups is 1. The average molecular weight is 386 g/mol. The second-order valence-corrected chi connectivity index (χ2v) is 3.90. The largest absolute Gasteiger partial charge is 0.445 e. The van der Waals surface area contributed by atoms with Crippen molar-refractivity contribution in [2.24, 2.45) is 0 Å². The fourth-order valence-corrected chi connectivity index (χ4v) is 1.54. The van der Waals surface area contributed by atoms with Gasteiger partial charge in [0.2, 0.25) is 0 Å². The third-order valence-corrected chi connectivity index (χ3v) is 2.49. The molecule has 0 aliphatic heterocycles. The van der Waals surface area contributed by atoms with E-state index in [9.17, 15) is 4.79 Å². The van der Waals surface area contributed by atoms with E-state index in [1.54, 1.807) is 0 Å². The van der Waals surface area contributed by atoms with E-state index >= 15 is 0 Å². The van der Waals surface area contributed by atoms with Gasteiger partial charge in [0.1, 0.15) is 6.61 Å². The molecule has 1 amide bonds. The van der Waals surface area contributed by atoms with Gasteiger partial charge in [-0.1, -0.05) is 60.7 Å². The van der Waals surface area contributed by atoms with Crippen LogP contribution < -0.4 is 5.32 Å². The Bertz CT molecular complexity index is 443. The monoisotopic (exact) mass is 383 g/mol. The SMILES string of the molecule is O=C(NCc1ccccc1)OCc1ccccc1.[Nd]. The summed E-state index contributed by atoms with van der Waals surface area (Å²) in [5.74, 6) is 0. The zero-order valence-electron chi connectivity index (χ0n) is 10.5. The summed E-state index contributed by atoms with van der Waals surface area (Å²) in [6, 6.07) is 19.3. The molecule has 1 N–H and O–H groups in total. The Morgan fingerprint density at radius 2 is 1.42 bits per heavy atom. The smallest absolute Gasteiger partial charge is 0.407 e. The Labute approximate surface area is 145 Å². The van der Waals surface area contributed by atoms with Crippen molar-refractivity contribution in [2.75, 3.05) is 0 Å². The predicted octanol–water partition coefficient (Wildman–Crippen LogP) is 3.11. The molecule has 4 heteroatoms. The molecule has 0 heterocycles. The number of ether oxygens (including phenoxy) is 1. The van der Waals surface area contributed by atoms with Crippen molar-refractivity contribution in [1.82, 2.24) is 5.32 Å². The molecular weight excluding hydrogens is 370 g/mol. The molecule has 3 nitrogen and oxygen atoms in total. The van der Waals surface area contributed by atoms with Crippen LogP contribution in [-0.4, -0.2) is 6.09 Å². The molecule has 0 radical (unpaired) electrons. The molecule has 2 rings (SSSR count). The summed E-state index contributed by atoms with van der Waals surface area (Å²) in [5.41, 5.74) is 2.03. The second kappa shape index (κ2) is 9.04. The van der Waals surface area contributed by atoms with E-state index in [0.717, 1.165) is 11.1 Å². The molecule has 96 valence electrons. The number of rotatable bonds is 4. The number of carbonyl (C=O) groups excluding carboxylic acids is 1. The van der Waals surface area contributed by atoms with Gasteiger partial charge < -0.3 is 10.1 Å². The van der Waals surface area contributed by atoms with Crippen LogP contribution in [0.5, 0.6) is 0 Å². The zero-order valence-corrected chi connectivity index (χ0v) is 13.7. The van der Waals surface area contributed by atoms with E-state index in [-0.39, 0.29) is 40.8 Å². The second-order valence-electron chi connectivity index (χ2n) is 3.90. The summed E-state index contributed by atoms with van der Waals surface area (Å²) >= 11 is 0. The maximum atomic E-state index is 11.5. The predicted molar refractivity (Wildman–Crippen MR) is 69.9 cm³/mol. The van der Waals surface area contributed by atoms with Crippen LogP contribution in [0, 0.1) is 40.8 Å². The van der Waals surface area contributed by atoms with Gasteiger partial charge in [0.05, 0.1) is 0 Å². The van der Waals surface area contributed by atoms with Crippen molar-refractivity contribution < 1.29 is 50.4 Å². The molecule has 0 aliphatic rings. The van der Waals surface area contributed by atoms with Gasteiger partial charge in [0.25, 0.3) is 0 Å². The third kappa shape index (κ3) is 6.16. The minimum atomic E-state index is -0.400. The first-order valence-electron chi connectivity index (χ1n) is 5.83. The van der Waals surface area contributed by atoms with Crippen LogP contribution in [0.4, 0.5) is 4.79 Å². The van der Waals surface area contributed by atoms with Gasteiger partial charge in [-0.3, -0.25) is 0 Å². The zero-order chi connectivity index (χ0) is 12.6. The summed E-state index contributed by atoms with van der Waals surface area (Å²) in [4.78, 5) is 11.5. The molecule has 0 fully saturated rings. The summed E-state index contributed by atoms with van der Waals surface area (Å²) in [6.45, 7) is 0.774. The molecule has 0 atom stereocenters. The van der Waals surface area contributed by atoms with Crippen molar-refractivity contribution in [3.8, 4) is 0 Å². The van der Waals surface area contributed by atoms with Crippen molar-refractivity contribution >= 4 is 6.09 Å². The quantitative estimate of drug-likeness (QED) is 0.878. The van der Waals surface area contributed by atoms with Crippen molar-refractivity contribution in [3.05, 3.63) is 71.8 Å². The van der Waals surface area contributed by atoms with Gasteiger partial charge in [-0.25, -0.2) is 4.79 Å². The third-order valence-electron chi connectivity index (χ3n) is 2.49. The Hall–Kier alpha value is -0.939. The molecule has 0 bridgehead atoms. The van der Waals surface area contributed by atoms with Crippen LogP contribution in [0.1, 0.15) is 11.1 Å². The van der Waals surface area contributed by atoms with Crippen molar-refractivity contribution in [2.45, 2.75) is 13.2 Å². The van der Waals surface area contributed by atoms with Crippen LogP contribution in [0.25, 0.3) is 0 Å². The minimum Gasteiger partial charge on any atom is -0.445 e. The molecular formula is C15H15NNdO2. The van der Waals surface area contributed by atoms with Gasteiger partial charge in [-0.15, -0.1) is 0 Å². The number of hydrogen-bond acceptors (Lipinski definition) is 2. The molecule has 0 spiro atoms. The van der Waals surface area contributed by atoms with Crippen LogP contribution in [0.15, 0.2) is 60.7 Å². The molecule has 2 aromatic carbocycles. The Morgan fingerprint density at radius 3 is 2.00 bits per heavy atom. The van der Waals surface area contributed by atoms with Crippen LogP contribution in [0.3, 0.4) is 0 Å². The minimum absolute atomic E-state index is 0. The van der Waals surface area contributed by atoms with E-state index in [2.05, 4.69) is 5.32 Å². The standard InChI is InChI=1S/C15H15NO2.Nd/c17-15(16-11-13-7-3-1-4-8-13)18-12-14-9-5-2-6-10-14;/h1-10H,11-12H2,(H,16,17);. The first-order chi connectivity index (χ1) is 8.84. The molecule has 0 unspecified atom stereocenters. The normalized spacial score (nSPS) is 9.26. The first-order valence-corrected chi connectivity index (χ1v) is 5.83. The maximum Gasteiger partial charge on any atom is 0.407 e. The fourth-order valence-electron chi connectivity index (χ4n) is 1.54. The molecule has 2 aromatic rings. The van der Waals surface area contributed by atoms with Gasteiger partial charge in [0, 0.05) is 47.4 Å². The first kappa shape index (κ1) is 16.1. The summed E-state index contributed by atoms with van der Waals surface area (Å²) < 4.78 is 5.10. The maximum absolute atomic E-state index is 11.5. The number of hydrogen-bond donors (Lipinski definition) is 1. The van der Waals surface area contributed by atoms with E-state index in [0.29, 0.717) is 13.2 Å². The molecule has 0 saturated carbocycles. The molecule has 0 saturated heterocycles. The Kier molecular flexibility index (Phi) is 7.67. The Balaban J connectivity index is 0.00000180. The van der Waals surface area contributed by atoms with Gasteiger partial charge in [-0.05, 0) is 11.1 Å². The van der Waals surface area contributed by atoms with Crippen LogP contribution >= 0.6 is 0 Å². The topological polar surface area (TPSA) is 38.3 Å². The van der Waals surface area contributed by atoms with E-state index in [1.165, 1.54) is 0 Å². The van der Waals surface area contributed by atoms with E-state index in [1.807, 2.05) is 60.7 Å². The average Bonchev–Trinajstić information content (AvgIpc) is 2.45. The fraction of sp³-hybridized carbons (Fsp3) is 0.133. The molecule has 0 aliphatic carbocycles. The summed E-state index contributed by atoms with van der Waals surface area (Å²) in [6.07, 6.45) is -0.400. The van der Waals surface area contributed by atoms with Crippen LogP contribution in [0.2, 0.25) is 0 Å². The summed E-state index contributed by atoms with van der Waals surface area (Å²) in [7, 11) is 0. The molecule has 19 heavy (non-hydrogen) atoms. The van der Waals surface area contributed by atoms with Gasteiger partial charge >= 0.3 is 6.09 Å². The van der Waals surface area contributed by atoms with Gasteiger partial charge in [-0.2, -0.15) is 0 Å². The number of benzene rings is 2. The summed E-state index contributed by atoms with van der Waals surface area (Å²) in [5, 5.41) is 2.71. The molecule has 0 aromatic heterocycles. The van der Waals surface area contributed by atoms with Crippen molar-refractivity contribution in [3.63, 3.8) is 0 Å². The number of amides is 1. The van der Waals surface area contributed by atoms with Gasteiger partial charge in [0.15, 0.2) is 0 Å². The van der Waals surface area contributed by atoms with Crippen molar-refractivity contribution in [1.29, 1.82) is 0 Å². The van der Waals surface area contributed by atoms with Crippen LogP contribution in [-0.2, 0) is 17.9 Å². The van der Waals surface area contributed by atoms with E-state index < -0.39 is 6.09 Å². The number of alkyl carbamates (subject to hydrolysis) is 1. The number of nitrogens with one attached hydrogen (secondary N) is 1. The Morgan fingerprint density at radius 1 is 0.895 bits per heavy atom. The van der Waals surface area contributed by atoms with E-state index in [4.69, 9.17) is 4.74 Å².